The smallest absolute Gasteiger partial charge is 0.115 e. The summed E-state index contributed by atoms with van der Waals surface area (Å²) in [4.78, 5) is 12.4. The van der Waals surface area contributed by atoms with Gasteiger partial charge in [-0.1, -0.05) is 0 Å². The van der Waals surface area contributed by atoms with Gasteiger partial charge in [0.2, 0.25) is 0 Å². The third-order valence-corrected chi connectivity index (χ3v) is 2.43. The van der Waals surface area contributed by atoms with E-state index in [1.165, 1.54) is 11.9 Å². The zero-order chi connectivity index (χ0) is 11.4. The van der Waals surface area contributed by atoms with Gasteiger partial charge in [-0.25, -0.2) is 9.97 Å². The van der Waals surface area contributed by atoms with Gasteiger partial charge in [-0.15, -0.1) is 0 Å². The van der Waals surface area contributed by atoms with Crippen molar-refractivity contribution in [2.24, 2.45) is 0 Å². The molecular weight excluding hydrogens is 200 g/mol. The second-order valence-corrected chi connectivity index (χ2v) is 3.65. The third-order valence-electron chi connectivity index (χ3n) is 2.43. The van der Waals surface area contributed by atoms with E-state index in [1.807, 2.05) is 19.3 Å². The van der Waals surface area contributed by atoms with Crippen molar-refractivity contribution in [1.82, 2.24) is 20.3 Å². The zero-order valence-electron chi connectivity index (χ0n) is 9.38. The molecule has 16 heavy (non-hydrogen) atoms. The Kier molecular flexibility index (Phi) is 3.22. The Morgan fingerprint density at radius 3 is 2.62 bits per heavy atom. The van der Waals surface area contributed by atoms with Crippen molar-refractivity contribution in [3.05, 3.63) is 53.9 Å². The van der Waals surface area contributed by atoms with Gasteiger partial charge in [0, 0.05) is 24.2 Å². The van der Waals surface area contributed by atoms with Crippen molar-refractivity contribution in [3.63, 3.8) is 0 Å². The lowest BCUT2D eigenvalue weighted by Crippen LogP contribution is -2.19. The van der Waals surface area contributed by atoms with Gasteiger partial charge >= 0.3 is 0 Å². The van der Waals surface area contributed by atoms with E-state index in [0.717, 1.165) is 11.3 Å². The molecule has 0 fully saturated rings. The molecule has 2 rings (SSSR count). The molecule has 0 aliphatic heterocycles. The van der Waals surface area contributed by atoms with E-state index in [4.69, 9.17) is 0 Å². The van der Waals surface area contributed by atoms with Crippen LogP contribution in [0.3, 0.4) is 0 Å². The fourth-order valence-corrected chi connectivity index (χ4v) is 1.66. The first-order chi connectivity index (χ1) is 7.81. The van der Waals surface area contributed by atoms with Crippen LogP contribution in [0.15, 0.2) is 37.1 Å². The maximum absolute atomic E-state index is 4.37. The minimum Gasteiger partial charge on any atom is -0.308 e. The van der Waals surface area contributed by atoms with Crippen molar-refractivity contribution in [2.75, 3.05) is 7.05 Å². The SMILES string of the molecule is CNC(c1cncnc1)c1cc(C)ccn1. The van der Waals surface area contributed by atoms with E-state index in [2.05, 4.69) is 33.3 Å². The van der Waals surface area contributed by atoms with E-state index < -0.39 is 0 Å². The highest BCUT2D eigenvalue weighted by Crippen LogP contribution is 2.18. The molecule has 4 heteroatoms. The monoisotopic (exact) mass is 214 g/mol. The molecule has 1 atom stereocenters. The van der Waals surface area contributed by atoms with Gasteiger partial charge in [0.05, 0.1) is 11.7 Å². The summed E-state index contributed by atoms with van der Waals surface area (Å²) in [5.74, 6) is 0. The Morgan fingerprint density at radius 1 is 1.25 bits per heavy atom. The van der Waals surface area contributed by atoms with Gasteiger partial charge in [0.25, 0.3) is 0 Å². The van der Waals surface area contributed by atoms with Crippen LogP contribution in [-0.4, -0.2) is 22.0 Å². The highest BCUT2D eigenvalue weighted by atomic mass is 14.9. The molecule has 0 aliphatic rings. The first kappa shape index (κ1) is 10.7. The molecule has 0 spiro atoms. The molecule has 1 unspecified atom stereocenters. The highest BCUT2D eigenvalue weighted by Gasteiger charge is 2.13. The van der Waals surface area contributed by atoms with Gasteiger partial charge in [0.15, 0.2) is 0 Å². The van der Waals surface area contributed by atoms with Crippen LogP contribution < -0.4 is 5.32 Å². The van der Waals surface area contributed by atoms with Crippen molar-refractivity contribution in [1.29, 1.82) is 0 Å². The van der Waals surface area contributed by atoms with Crippen molar-refractivity contribution in [2.45, 2.75) is 13.0 Å². The molecular formula is C12H14N4. The molecule has 0 aliphatic carbocycles. The molecule has 0 saturated heterocycles. The van der Waals surface area contributed by atoms with Crippen molar-refractivity contribution in [3.8, 4) is 0 Å². The van der Waals surface area contributed by atoms with Crippen LogP contribution in [-0.2, 0) is 0 Å². The van der Waals surface area contributed by atoms with Crippen molar-refractivity contribution < 1.29 is 0 Å². The average molecular weight is 214 g/mol. The Labute approximate surface area is 94.8 Å². The molecule has 82 valence electrons. The molecule has 0 saturated carbocycles. The summed E-state index contributed by atoms with van der Waals surface area (Å²) in [6, 6.07) is 4.09. The number of pyridine rings is 1. The number of aryl methyl sites for hydroxylation is 1. The number of nitrogens with zero attached hydrogens (tertiary/aromatic N) is 3. The summed E-state index contributed by atoms with van der Waals surface area (Å²) in [5.41, 5.74) is 3.20. The average Bonchev–Trinajstić information content (AvgIpc) is 2.31. The number of nitrogens with one attached hydrogen (secondary N) is 1. The molecule has 2 aromatic rings. The van der Waals surface area contributed by atoms with Gasteiger partial charge in [-0.2, -0.15) is 0 Å². The summed E-state index contributed by atoms with van der Waals surface area (Å²) < 4.78 is 0. The van der Waals surface area contributed by atoms with Gasteiger partial charge in [-0.05, 0) is 31.7 Å². The zero-order valence-corrected chi connectivity index (χ0v) is 9.38. The van der Waals surface area contributed by atoms with E-state index in [0.29, 0.717) is 0 Å². The number of hydrogen-bond donors (Lipinski definition) is 1. The summed E-state index contributed by atoms with van der Waals surface area (Å²) in [7, 11) is 1.90. The van der Waals surface area contributed by atoms with Gasteiger partial charge in [-0.3, -0.25) is 4.98 Å². The predicted molar refractivity (Wildman–Crippen MR) is 61.9 cm³/mol. The fourth-order valence-electron chi connectivity index (χ4n) is 1.66. The van der Waals surface area contributed by atoms with Crippen LogP contribution in [0.2, 0.25) is 0 Å². The summed E-state index contributed by atoms with van der Waals surface area (Å²) in [6.45, 7) is 2.05. The maximum Gasteiger partial charge on any atom is 0.115 e. The van der Waals surface area contributed by atoms with Crippen LogP contribution in [0.5, 0.6) is 0 Å². The first-order valence-electron chi connectivity index (χ1n) is 5.16. The Balaban J connectivity index is 2.37. The third kappa shape index (κ3) is 2.23. The van der Waals surface area contributed by atoms with Crippen LogP contribution in [0.25, 0.3) is 0 Å². The Bertz CT molecular complexity index is 456. The summed E-state index contributed by atoms with van der Waals surface area (Å²) in [6.07, 6.45) is 6.95. The molecule has 0 amide bonds. The topological polar surface area (TPSA) is 50.7 Å². The first-order valence-corrected chi connectivity index (χ1v) is 5.16. The fraction of sp³-hybridized carbons (Fsp3) is 0.250. The van der Waals surface area contributed by atoms with Crippen LogP contribution in [0, 0.1) is 6.92 Å². The van der Waals surface area contributed by atoms with E-state index in [1.54, 1.807) is 12.4 Å². The van der Waals surface area contributed by atoms with Gasteiger partial charge in [0.1, 0.15) is 6.33 Å². The lowest BCUT2D eigenvalue weighted by Gasteiger charge is -2.15. The highest BCUT2D eigenvalue weighted by molar-refractivity contribution is 5.25. The molecule has 2 heterocycles. The van der Waals surface area contributed by atoms with Crippen molar-refractivity contribution >= 4 is 0 Å². The number of hydrogen-bond acceptors (Lipinski definition) is 4. The minimum atomic E-state index is 0.0427. The predicted octanol–water partition coefficient (Wildman–Crippen LogP) is 1.49. The largest absolute Gasteiger partial charge is 0.308 e. The molecule has 0 bridgehead atoms. The molecule has 4 nitrogen and oxygen atoms in total. The number of aromatic nitrogens is 3. The standard InChI is InChI=1S/C12H14N4/c1-9-3-4-16-11(5-9)12(13-2)10-6-14-8-15-7-10/h3-8,12-13H,1-2H3. The molecule has 0 aromatic carbocycles. The van der Waals surface area contributed by atoms with Crippen LogP contribution in [0.1, 0.15) is 22.9 Å². The lowest BCUT2D eigenvalue weighted by atomic mass is 10.1. The lowest BCUT2D eigenvalue weighted by molar-refractivity contribution is 0.664. The summed E-state index contributed by atoms with van der Waals surface area (Å²) in [5, 5.41) is 3.22. The van der Waals surface area contributed by atoms with E-state index in [-0.39, 0.29) is 6.04 Å². The normalized spacial score (nSPS) is 12.4. The molecule has 0 radical (unpaired) electrons. The molecule has 1 N–H and O–H groups in total. The minimum absolute atomic E-state index is 0.0427. The van der Waals surface area contributed by atoms with Crippen LogP contribution in [0.4, 0.5) is 0 Å². The second-order valence-electron chi connectivity index (χ2n) is 3.65. The van der Waals surface area contributed by atoms with E-state index >= 15 is 0 Å². The van der Waals surface area contributed by atoms with Crippen LogP contribution >= 0.6 is 0 Å². The van der Waals surface area contributed by atoms with E-state index in [9.17, 15) is 0 Å². The summed E-state index contributed by atoms with van der Waals surface area (Å²) >= 11 is 0. The maximum atomic E-state index is 4.37. The number of rotatable bonds is 3. The quantitative estimate of drug-likeness (QED) is 0.841. The van der Waals surface area contributed by atoms with Gasteiger partial charge < -0.3 is 5.32 Å². The molecule has 2 aromatic heterocycles. The Hall–Kier alpha value is -1.81. The Morgan fingerprint density at radius 2 is 2.00 bits per heavy atom. The second kappa shape index (κ2) is 4.81.